The number of aryl methyl sites for hydroxylation is 2. The minimum atomic E-state index is -0.873. The molecule has 0 bridgehead atoms. The van der Waals surface area contributed by atoms with Gasteiger partial charge in [0, 0.05) is 11.2 Å². The molecule has 1 unspecified atom stereocenters. The van der Waals surface area contributed by atoms with Gasteiger partial charge >= 0.3 is 0 Å². The predicted octanol–water partition coefficient (Wildman–Crippen LogP) is 2.66. The van der Waals surface area contributed by atoms with Crippen molar-refractivity contribution in [3.05, 3.63) is 28.3 Å². The van der Waals surface area contributed by atoms with E-state index in [-0.39, 0.29) is 0 Å². The highest BCUT2D eigenvalue weighted by molar-refractivity contribution is 7.84. The molecule has 1 aromatic rings. The Balaban J connectivity index is 3.56. The highest BCUT2D eigenvalue weighted by atomic mass is 32.2. The van der Waals surface area contributed by atoms with Crippen molar-refractivity contribution in [3.8, 4) is 0 Å². The lowest BCUT2D eigenvalue weighted by atomic mass is 10.0. The number of benzene rings is 1. The summed E-state index contributed by atoms with van der Waals surface area (Å²) in [5.41, 5.74) is 4.80. The zero-order valence-corrected chi connectivity index (χ0v) is 9.71. The average molecular weight is 196 g/mol. The van der Waals surface area contributed by atoms with E-state index in [1.807, 2.05) is 13.8 Å². The third-order valence-electron chi connectivity index (χ3n) is 2.58. The lowest BCUT2D eigenvalue weighted by Gasteiger charge is -2.12. The van der Waals surface area contributed by atoms with Crippen LogP contribution in [-0.4, -0.2) is 10.5 Å². The SMILES string of the molecule is Cc1cc(C)c(C)c(S(C)=O)c1C. The number of hydrogen-bond acceptors (Lipinski definition) is 1. The van der Waals surface area contributed by atoms with Crippen LogP contribution < -0.4 is 0 Å². The van der Waals surface area contributed by atoms with Crippen LogP contribution in [0.1, 0.15) is 22.3 Å². The van der Waals surface area contributed by atoms with Crippen LogP contribution in [0.25, 0.3) is 0 Å². The molecule has 0 fully saturated rings. The standard InChI is InChI=1S/C11H16OS/c1-7-6-8(2)10(4)11(9(7)3)13(5)12/h6H,1-5H3. The van der Waals surface area contributed by atoms with Gasteiger partial charge in [-0.25, -0.2) is 0 Å². The molecule has 0 aromatic heterocycles. The largest absolute Gasteiger partial charge is 0.255 e. The second-order valence-corrected chi connectivity index (χ2v) is 4.86. The van der Waals surface area contributed by atoms with Gasteiger partial charge in [0.25, 0.3) is 0 Å². The molecule has 72 valence electrons. The fourth-order valence-corrected chi connectivity index (χ4v) is 2.80. The molecule has 1 atom stereocenters. The molecule has 0 aliphatic rings. The summed E-state index contributed by atoms with van der Waals surface area (Å²) >= 11 is 0. The van der Waals surface area contributed by atoms with E-state index in [0.29, 0.717) is 0 Å². The Morgan fingerprint density at radius 3 is 1.69 bits per heavy atom. The van der Waals surface area contributed by atoms with Gasteiger partial charge in [-0.15, -0.1) is 0 Å². The summed E-state index contributed by atoms with van der Waals surface area (Å²) in [6, 6.07) is 2.15. The first kappa shape index (κ1) is 10.5. The summed E-state index contributed by atoms with van der Waals surface area (Å²) < 4.78 is 11.5. The molecule has 0 aliphatic heterocycles. The van der Waals surface area contributed by atoms with Gasteiger partial charge in [-0.05, 0) is 49.9 Å². The lowest BCUT2D eigenvalue weighted by Crippen LogP contribution is -2.00. The monoisotopic (exact) mass is 196 g/mol. The Bertz CT molecular complexity index is 341. The summed E-state index contributed by atoms with van der Waals surface area (Å²) in [7, 11) is -0.873. The Labute approximate surface area is 82.6 Å². The molecule has 0 heterocycles. The summed E-state index contributed by atoms with van der Waals surface area (Å²) in [5.74, 6) is 0. The molecule has 1 rings (SSSR count). The summed E-state index contributed by atoms with van der Waals surface area (Å²) in [6.07, 6.45) is 1.74. The summed E-state index contributed by atoms with van der Waals surface area (Å²) in [4.78, 5) is 1.01. The van der Waals surface area contributed by atoms with Crippen molar-refractivity contribution in [2.75, 3.05) is 6.26 Å². The van der Waals surface area contributed by atoms with Crippen molar-refractivity contribution in [3.63, 3.8) is 0 Å². The van der Waals surface area contributed by atoms with Crippen molar-refractivity contribution < 1.29 is 4.21 Å². The fourth-order valence-electron chi connectivity index (χ4n) is 1.61. The topological polar surface area (TPSA) is 17.1 Å². The second kappa shape index (κ2) is 3.62. The van der Waals surface area contributed by atoms with Crippen LogP contribution >= 0.6 is 0 Å². The van der Waals surface area contributed by atoms with Crippen LogP contribution in [0.3, 0.4) is 0 Å². The molecule has 0 N–H and O–H groups in total. The minimum absolute atomic E-state index is 0.873. The number of hydrogen-bond donors (Lipinski definition) is 0. The normalized spacial score (nSPS) is 13.0. The first-order valence-corrected chi connectivity index (χ1v) is 5.91. The van der Waals surface area contributed by atoms with Crippen LogP contribution in [0, 0.1) is 27.7 Å². The van der Waals surface area contributed by atoms with Crippen LogP contribution in [0.2, 0.25) is 0 Å². The Hall–Kier alpha value is -0.630. The third kappa shape index (κ3) is 1.83. The van der Waals surface area contributed by atoms with Gasteiger partial charge in [-0.2, -0.15) is 0 Å². The second-order valence-electron chi connectivity index (χ2n) is 3.54. The molecule has 13 heavy (non-hydrogen) atoms. The van der Waals surface area contributed by atoms with E-state index in [1.54, 1.807) is 6.26 Å². The van der Waals surface area contributed by atoms with Crippen molar-refractivity contribution in [1.82, 2.24) is 0 Å². The molecule has 0 amide bonds. The molecule has 2 heteroatoms. The Kier molecular flexibility index (Phi) is 2.91. The van der Waals surface area contributed by atoms with Crippen molar-refractivity contribution in [1.29, 1.82) is 0 Å². The number of rotatable bonds is 1. The maximum absolute atomic E-state index is 11.5. The molecule has 0 saturated carbocycles. The van der Waals surface area contributed by atoms with E-state index in [0.717, 1.165) is 4.90 Å². The van der Waals surface area contributed by atoms with Gasteiger partial charge in [-0.1, -0.05) is 6.07 Å². The Morgan fingerprint density at radius 1 is 1.00 bits per heavy atom. The van der Waals surface area contributed by atoms with Gasteiger partial charge in [0.1, 0.15) is 0 Å². The zero-order chi connectivity index (χ0) is 10.2. The molecule has 0 spiro atoms. The minimum Gasteiger partial charge on any atom is -0.255 e. The van der Waals surface area contributed by atoms with Gasteiger partial charge in [0.05, 0.1) is 10.8 Å². The molecule has 0 aliphatic carbocycles. The first-order chi connectivity index (χ1) is 5.95. The van der Waals surface area contributed by atoms with Crippen LogP contribution in [0.4, 0.5) is 0 Å². The van der Waals surface area contributed by atoms with Crippen LogP contribution in [-0.2, 0) is 10.8 Å². The van der Waals surface area contributed by atoms with Gasteiger partial charge < -0.3 is 0 Å². The highest BCUT2D eigenvalue weighted by Crippen LogP contribution is 2.23. The first-order valence-electron chi connectivity index (χ1n) is 4.36. The molecule has 1 nitrogen and oxygen atoms in total. The molecule has 1 aromatic carbocycles. The fraction of sp³-hybridized carbons (Fsp3) is 0.455. The smallest absolute Gasteiger partial charge is 0.0503 e. The van der Waals surface area contributed by atoms with E-state index in [2.05, 4.69) is 19.9 Å². The predicted molar refractivity (Wildman–Crippen MR) is 57.7 cm³/mol. The van der Waals surface area contributed by atoms with Gasteiger partial charge in [0.15, 0.2) is 0 Å². The van der Waals surface area contributed by atoms with Gasteiger partial charge in [-0.3, -0.25) is 4.21 Å². The maximum Gasteiger partial charge on any atom is 0.0503 e. The van der Waals surface area contributed by atoms with E-state index in [1.165, 1.54) is 22.3 Å². The van der Waals surface area contributed by atoms with E-state index in [4.69, 9.17) is 0 Å². The van der Waals surface area contributed by atoms with E-state index >= 15 is 0 Å². The molecular formula is C11H16OS. The highest BCUT2D eigenvalue weighted by Gasteiger charge is 2.10. The van der Waals surface area contributed by atoms with E-state index < -0.39 is 10.8 Å². The third-order valence-corrected chi connectivity index (χ3v) is 3.77. The van der Waals surface area contributed by atoms with Crippen LogP contribution in [0.15, 0.2) is 11.0 Å². The summed E-state index contributed by atoms with van der Waals surface area (Å²) in [5, 5.41) is 0. The molecular weight excluding hydrogens is 180 g/mol. The van der Waals surface area contributed by atoms with Crippen molar-refractivity contribution in [2.45, 2.75) is 32.6 Å². The quantitative estimate of drug-likeness (QED) is 0.675. The van der Waals surface area contributed by atoms with E-state index in [9.17, 15) is 4.21 Å². The Morgan fingerprint density at radius 2 is 1.38 bits per heavy atom. The van der Waals surface area contributed by atoms with Gasteiger partial charge in [0.2, 0.25) is 0 Å². The lowest BCUT2D eigenvalue weighted by molar-refractivity contribution is 0.685. The molecule has 0 saturated heterocycles. The zero-order valence-electron chi connectivity index (χ0n) is 8.89. The average Bonchev–Trinajstić information content (AvgIpc) is 2.01. The molecule has 0 radical (unpaired) electrons. The summed E-state index contributed by atoms with van der Waals surface area (Å²) in [6.45, 7) is 8.22. The van der Waals surface area contributed by atoms with Crippen molar-refractivity contribution >= 4 is 10.8 Å². The van der Waals surface area contributed by atoms with Crippen LogP contribution in [0.5, 0.6) is 0 Å². The van der Waals surface area contributed by atoms with Crippen molar-refractivity contribution in [2.24, 2.45) is 0 Å². The maximum atomic E-state index is 11.5.